The predicted molar refractivity (Wildman–Crippen MR) is 143 cm³/mol. The average Bonchev–Trinajstić information content (AvgIpc) is 3.17. The molecule has 188 valence electrons. The molecule has 1 heterocycles. The van der Waals surface area contributed by atoms with Gasteiger partial charge in [0.05, 0.1) is 6.61 Å². The first-order chi connectivity index (χ1) is 17.4. The number of carboxylic acids is 1. The van der Waals surface area contributed by atoms with Crippen molar-refractivity contribution in [1.29, 1.82) is 0 Å². The summed E-state index contributed by atoms with van der Waals surface area (Å²) in [6.07, 6.45) is 9.50. The standard InChI is InChI=1S/C30H33ClN2O3/c1-21-20-32-16-11-27(21)36-17-5-7-23-18-22-6-2-3-10-26(22)29(23)12-14-30(15-13-29,28(34)35)33-25-9-4-8-24(31)19-25/h2-4,6,8-11,16,19-20,23,33H,5,7,12-15,17-18H2,1H3,(H,34,35)/t23-,29?,30?/m0/s1. The first-order valence-corrected chi connectivity index (χ1v) is 13.2. The van der Waals surface area contributed by atoms with E-state index in [4.69, 9.17) is 16.3 Å². The number of halogens is 1. The van der Waals surface area contributed by atoms with Crippen molar-refractivity contribution < 1.29 is 14.6 Å². The number of carbonyl (C=O) groups is 1. The van der Waals surface area contributed by atoms with Gasteiger partial charge in [0.25, 0.3) is 0 Å². The molecule has 1 spiro atoms. The van der Waals surface area contributed by atoms with Crippen LogP contribution >= 0.6 is 11.6 Å². The van der Waals surface area contributed by atoms with Crippen LogP contribution in [-0.4, -0.2) is 28.2 Å². The van der Waals surface area contributed by atoms with Crippen molar-refractivity contribution in [3.8, 4) is 5.75 Å². The van der Waals surface area contributed by atoms with Crippen LogP contribution in [0.1, 0.15) is 55.2 Å². The summed E-state index contributed by atoms with van der Waals surface area (Å²) < 4.78 is 6.05. The molecule has 1 fully saturated rings. The van der Waals surface area contributed by atoms with Gasteiger partial charge in [-0.25, -0.2) is 4.79 Å². The lowest BCUT2D eigenvalue weighted by atomic mass is 9.60. The van der Waals surface area contributed by atoms with Crippen molar-refractivity contribution in [2.24, 2.45) is 5.92 Å². The molecule has 0 saturated heterocycles. The minimum atomic E-state index is -0.986. The van der Waals surface area contributed by atoms with E-state index in [0.717, 1.165) is 49.1 Å². The summed E-state index contributed by atoms with van der Waals surface area (Å²) in [7, 11) is 0. The zero-order chi connectivity index (χ0) is 25.2. The van der Waals surface area contributed by atoms with Crippen molar-refractivity contribution in [2.75, 3.05) is 11.9 Å². The number of benzene rings is 2. The van der Waals surface area contributed by atoms with Gasteiger partial charge in [-0.3, -0.25) is 4.98 Å². The molecule has 1 atom stereocenters. The van der Waals surface area contributed by atoms with Crippen molar-refractivity contribution in [3.63, 3.8) is 0 Å². The van der Waals surface area contributed by atoms with Gasteiger partial charge in [-0.05, 0) is 98.6 Å². The molecule has 2 aliphatic carbocycles. The van der Waals surface area contributed by atoms with Crippen LogP contribution < -0.4 is 10.1 Å². The largest absolute Gasteiger partial charge is 0.493 e. The van der Waals surface area contributed by atoms with E-state index in [2.05, 4.69) is 34.6 Å². The molecule has 36 heavy (non-hydrogen) atoms. The van der Waals surface area contributed by atoms with Crippen LogP contribution in [0.4, 0.5) is 5.69 Å². The predicted octanol–water partition coefficient (Wildman–Crippen LogP) is 6.82. The number of aromatic nitrogens is 1. The molecule has 0 aliphatic heterocycles. The fourth-order valence-corrected chi connectivity index (χ4v) is 6.60. The van der Waals surface area contributed by atoms with Crippen molar-refractivity contribution in [3.05, 3.63) is 88.7 Å². The van der Waals surface area contributed by atoms with Crippen LogP contribution in [0, 0.1) is 12.8 Å². The summed E-state index contributed by atoms with van der Waals surface area (Å²) in [6, 6.07) is 18.0. The Labute approximate surface area is 217 Å². The maximum Gasteiger partial charge on any atom is 0.329 e. The number of aliphatic carboxylic acids is 1. The van der Waals surface area contributed by atoms with Gasteiger partial charge in [-0.2, -0.15) is 0 Å². The number of pyridine rings is 1. The van der Waals surface area contributed by atoms with Gasteiger partial charge in [-0.1, -0.05) is 41.9 Å². The van der Waals surface area contributed by atoms with E-state index < -0.39 is 11.5 Å². The first-order valence-electron chi connectivity index (χ1n) is 12.8. The van der Waals surface area contributed by atoms with Gasteiger partial charge in [0.1, 0.15) is 11.3 Å². The average molecular weight is 505 g/mol. The number of fused-ring (bicyclic) bond motifs is 2. The Balaban J connectivity index is 1.32. The fourth-order valence-electron chi connectivity index (χ4n) is 6.41. The van der Waals surface area contributed by atoms with E-state index in [9.17, 15) is 9.90 Å². The number of anilines is 1. The number of nitrogens with zero attached hydrogens (tertiary/aromatic N) is 1. The number of nitrogens with one attached hydrogen (secondary N) is 1. The smallest absolute Gasteiger partial charge is 0.329 e. The molecule has 1 saturated carbocycles. The summed E-state index contributed by atoms with van der Waals surface area (Å²) in [6.45, 7) is 2.68. The molecule has 0 unspecified atom stereocenters. The third-order valence-electron chi connectivity index (χ3n) is 8.34. The summed E-state index contributed by atoms with van der Waals surface area (Å²) >= 11 is 6.17. The van der Waals surface area contributed by atoms with Gasteiger partial charge >= 0.3 is 5.97 Å². The Hall–Kier alpha value is -3.05. The van der Waals surface area contributed by atoms with Gasteiger partial charge in [0.2, 0.25) is 0 Å². The van der Waals surface area contributed by atoms with E-state index in [1.807, 2.05) is 31.3 Å². The molecule has 6 heteroatoms. The van der Waals surface area contributed by atoms with Crippen molar-refractivity contribution in [1.82, 2.24) is 4.98 Å². The molecule has 3 aromatic rings. The number of carboxylic acid groups (broad SMARTS) is 1. The molecule has 2 aliphatic rings. The van der Waals surface area contributed by atoms with E-state index >= 15 is 0 Å². The van der Waals surface area contributed by atoms with Crippen molar-refractivity contribution >= 4 is 23.3 Å². The molecule has 5 rings (SSSR count). The van der Waals surface area contributed by atoms with Crippen LogP contribution in [0.5, 0.6) is 5.75 Å². The molecule has 2 N–H and O–H groups in total. The highest BCUT2D eigenvalue weighted by molar-refractivity contribution is 6.30. The molecule has 2 aromatic carbocycles. The Kier molecular flexibility index (Phi) is 6.94. The summed E-state index contributed by atoms with van der Waals surface area (Å²) in [5.74, 6) is 0.585. The quantitative estimate of drug-likeness (QED) is 0.329. The lowest BCUT2D eigenvalue weighted by Crippen LogP contribution is -2.53. The summed E-state index contributed by atoms with van der Waals surface area (Å²) in [5, 5.41) is 14.2. The Morgan fingerprint density at radius 1 is 1.14 bits per heavy atom. The summed E-state index contributed by atoms with van der Waals surface area (Å²) in [4.78, 5) is 16.7. The minimum Gasteiger partial charge on any atom is -0.493 e. The lowest BCUT2D eigenvalue weighted by molar-refractivity contribution is -0.144. The second kappa shape index (κ2) is 10.1. The zero-order valence-corrected chi connectivity index (χ0v) is 21.4. The third-order valence-corrected chi connectivity index (χ3v) is 8.57. The molecular weight excluding hydrogens is 472 g/mol. The second-order valence-corrected chi connectivity index (χ2v) is 10.8. The summed E-state index contributed by atoms with van der Waals surface area (Å²) in [5.41, 5.74) is 3.67. The van der Waals surface area contributed by atoms with E-state index in [-0.39, 0.29) is 5.41 Å². The molecule has 0 radical (unpaired) electrons. The highest BCUT2D eigenvalue weighted by atomic mass is 35.5. The van der Waals surface area contributed by atoms with Gasteiger partial charge < -0.3 is 15.2 Å². The van der Waals surface area contributed by atoms with Gasteiger partial charge in [0.15, 0.2) is 0 Å². The minimum absolute atomic E-state index is 0.0120. The number of aryl methyl sites for hydroxylation is 1. The van der Waals surface area contributed by atoms with Crippen LogP contribution in [0.15, 0.2) is 67.0 Å². The monoisotopic (exact) mass is 504 g/mol. The molecule has 5 nitrogen and oxygen atoms in total. The zero-order valence-electron chi connectivity index (χ0n) is 20.7. The Bertz CT molecular complexity index is 1240. The van der Waals surface area contributed by atoms with Crippen LogP contribution in [-0.2, 0) is 16.6 Å². The van der Waals surface area contributed by atoms with E-state index in [1.54, 1.807) is 18.3 Å². The molecular formula is C30H33ClN2O3. The van der Waals surface area contributed by atoms with Gasteiger partial charge in [-0.15, -0.1) is 0 Å². The number of rotatable bonds is 8. The molecule has 1 aromatic heterocycles. The Morgan fingerprint density at radius 3 is 2.69 bits per heavy atom. The van der Waals surface area contributed by atoms with Crippen LogP contribution in [0.3, 0.4) is 0 Å². The lowest BCUT2D eigenvalue weighted by Gasteiger charge is -2.47. The fraction of sp³-hybridized carbons (Fsp3) is 0.400. The SMILES string of the molecule is Cc1cnccc1OCCC[C@H]1Cc2ccccc2C12CCC(Nc1cccc(Cl)c1)(C(=O)O)CC2. The topological polar surface area (TPSA) is 71.5 Å². The maximum atomic E-state index is 12.6. The highest BCUT2D eigenvalue weighted by Crippen LogP contribution is 2.55. The second-order valence-electron chi connectivity index (χ2n) is 10.4. The van der Waals surface area contributed by atoms with E-state index in [0.29, 0.717) is 30.4 Å². The highest BCUT2D eigenvalue weighted by Gasteiger charge is 2.53. The van der Waals surface area contributed by atoms with Gasteiger partial charge in [0, 0.05) is 28.7 Å². The molecule has 0 amide bonds. The van der Waals surface area contributed by atoms with E-state index in [1.165, 1.54) is 11.1 Å². The number of hydrogen-bond acceptors (Lipinski definition) is 4. The molecule has 0 bridgehead atoms. The maximum absolute atomic E-state index is 12.6. The number of hydrogen-bond donors (Lipinski definition) is 2. The Morgan fingerprint density at radius 2 is 1.94 bits per heavy atom. The third kappa shape index (κ3) is 4.69. The van der Waals surface area contributed by atoms with Crippen LogP contribution in [0.2, 0.25) is 5.02 Å². The van der Waals surface area contributed by atoms with Crippen LogP contribution in [0.25, 0.3) is 0 Å². The van der Waals surface area contributed by atoms with Crippen molar-refractivity contribution in [2.45, 2.75) is 62.8 Å². The normalized spacial score (nSPS) is 24.9. The number of ether oxygens (including phenoxy) is 1. The first kappa shape index (κ1) is 24.6.